The molecule has 0 spiro atoms. The fraction of sp³-hybridized carbons (Fsp3) is 0.484. The van der Waals surface area contributed by atoms with Gasteiger partial charge in [-0.25, -0.2) is 0 Å². The molecule has 0 aliphatic rings. The summed E-state index contributed by atoms with van der Waals surface area (Å²) in [5.41, 5.74) is 1.05. The zero-order chi connectivity index (χ0) is 25.0. The predicted octanol–water partition coefficient (Wildman–Crippen LogP) is 8.83. The molecule has 0 bridgehead atoms. The minimum absolute atomic E-state index is 0.216. The zero-order valence-electron chi connectivity index (χ0n) is 21.7. The highest BCUT2D eigenvalue weighted by Crippen LogP contribution is 2.43. The average molecular weight is 477 g/mol. The number of ether oxygens (including phenoxy) is 2. The number of benzene rings is 3. The van der Waals surface area contributed by atoms with E-state index in [-0.39, 0.29) is 11.9 Å². The number of carbonyl (C=O) groups is 2. The van der Waals surface area contributed by atoms with Gasteiger partial charge >= 0.3 is 11.9 Å². The van der Waals surface area contributed by atoms with E-state index in [1.165, 1.54) is 25.7 Å². The molecule has 0 N–H and O–H groups in total. The minimum Gasteiger partial charge on any atom is -0.425 e. The van der Waals surface area contributed by atoms with Crippen LogP contribution in [0, 0.1) is 6.92 Å². The van der Waals surface area contributed by atoms with E-state index in [2.05, 4.69) is 13.8 Å². The van der Waals surface area contributed by atoms with Crippen LogP contribution in [0.3, 0.4) is 0 Å². The number of hydrogen-bond acceptors (Lipinski definition) is 4. The standard InChI is InChI=1S/C31H40O4/c1-4-6-8-10-12-18-28(32)34-30-24-16-14-15-17-25(24)31(27-22-23(3)20-21-26(27)30)35-29(33)19-13-11-9-7-5-2/h14-17,20-22H,4-13,18-19H2,1-3H3. The van der Waals surface area contributed by atoms with Gasteiger partial charge in [0.25, 0.3) is 0 Å². The maximum atomic E-state index is 12.8. The Hall–Kier alpha value is -2.88. The normalized spacial score (nSPS) is 11.2. The molecule has 0 amide bonds. The van der Waals surface area contributed by atoms with Gasteiger partial charge in [0.05, 0.1) is 0 Å². The maximum Gasteiger partial charge on any atom is 0.311 e. The summed E-state index contributed by atoms with van der Waals surface area (Å²) in [7, 11) is 0. The Bertz CT molecular complexity index is 1130. The van der Waals surface area contributed by atoms with E-state index < -0.39 is 0 Å². The molecule has 0 fully saturated rings. The Labute approximate surface area is 210 Å². The third-order valence-electron chi connectivity index (χ3n) is 6.48. The van der Waals surface area contributed by atoms with Gasteiger partial charge < -0.3 is 9.47 Å². The maximum absolute atomic E-state index is 12.8. The number of esters is 2. The van der Waals surface area contributed by atoms with E-state index in [9.17, 15) is 9.59 Å². The Morgan fingerprint density at radius 3 is 1.57 bits per heavy atom. The van der Waals surface area contributed by atoms with Crippen LogP contribution < -0.4 is 9.47 Å². The van der Waals surface area contributed by atoms with E-state index in [0.717, 1.165) is 65.6 Å². The second-order valence-electron chi connectivity index (χ2n) is 9.53. The van der Waals surface area contributed by atoms with Crippen LogP contribution in [0.5, 0.6) is 11.5 Å². The van der Waals surface area contributed by atoms with Crippen LogP contribution in [-0.2, 0) is 9.59 Å². The monoisotopic (exact) mass is 476 g/mol. The molecule has 0 saturated heterocycles. The molecule has 0 radical (unpaired) electrons. The van der Waals surface area contributed by atoms with Crippen molar-refractivity contribution in [1.82, 2.24) is 0 Å². The van der Waals surface area contributed by atoms with Gasteiger partial charge in [-0.05, 0) is 25.8 Å². The van der Waals surface area contributed by atoms with Crippen LogP contribution in [0.1, 0.15) is 96.5 Å². The number of unbranched alkanes of at least 4 members (excludes halogenated alkanes) is 8. The van der Waals surface area contributed by atoms with Crippen molar-refractivity contribution in [2.45, 2.75) is 97.8 Å². The highest BCUT2D eigenvalue weighted by molar-refractivity contribution is 6.12. The molecule has 0 aromatic heterocycles. The third-order valence-corrected chi connectivity index (χ3v) is 6.48. The lowest BCUT2D eigenvalue weighted by Gasteiger charge is -2.17. The Kier molecular flexibility index (Phi) is 10.6. The van der Waals surface area contributed by atoms with Crippen LogP contribution in [0.2, 0.25) is 0 Å². The van der Waals surface area contributed by atoms with Crippen LogP contribution in [0.15, 0.2) is 42.5 Å². The molecule has 0 unspecified atom stereocenters. The molecule has 188 valence electrons. The first-order chi connectivity index (χ1) is 17.0. The first-order valence-electron chi connectivity index (χ1n) is 13.4. The molecule has 4 heteroatoms. The molecule has 0 atom stereocenters. The molecule has 3 aromatic carbocycles. The molecule has 3 rings (SSSR count). The topological polar surface area (TPSA) is 52.6 Å². The summed E-state index contributed by atoms with van der Waals surface area (Å²) >= 11 is 0. The largest absolute Gasteiger partial charge is 0.425 e. The SMILES string of the molecule is CCCCCCCC(=O)Oc1c2ccccc2c(OC(=O)CCCCCCC)c2cc(C)ccc12. The van der Waals surface area contributed by atoms with E-state index in [4.69, 9.17) is 9.47 Å². The fourth-order valence-corrected chi connectivity index (χ4v) is 4.51. The van der Waals surface area contributed by atoms with Gasteiger partial charge in [0, 0.05) is 34.4 Å². The zero-order valence-corrected chi connectivity index (χ0v) is 21.7. The summed E-state index contributed by atoms with van der Waals surface area (Å²) in [5, 5.41) is 3.16. The van der Waals surface area contributed by atoms with Crippen LogP contribution in [0.25, 0.3) is 21.5 Å². The van der Waals surface area contributed by atoms with Crippen molar-refractivity contribution in [3.63, 3.8) is 0 Å². The van der Waals surface area contributed by atoms with E-state index in [1.54, 1.807) is 0 Å². The number of carbonyl (C=O) groups excluding carboxylic acids is 2. The minimum atomic E-state index is -0.217. The average Bonchev–Trinajstić information content (AvgIpc) is 2.85. The smallest absolute Gasteiger partial charge is 0.311 e. The predicted molar refractivity (Wildman–Crippen MR) is 144 cm³/mol. The van der Waals surface area contributed by atoms with Gasteiger partial charge in [-0.2, -0.15) is 0 Å². The van der Waals surface area contributed by atoms with Crippen molar-refractivity contribution in [3.05, 3.63) is 48.0 Å². The third kappa shape index (κ3) is 7.55. The molecule has 4 nitrogen and oxygen atoms in total. The lowest BCUT2D eigenvalue weighted by molar-refractivity contribution is -0.135. The summed E-state index contributed by atoms with van der Waals surface area (Å²) in [5.74, 6) is 0.669. The van der Waals surface area contributed by atoms with E-state index in [0.29, 0.717) is 24.3 Å². The Balaban J connectivity index is 1.88. The summed E-state index contributed by atoms with van der Waals surface area (Å²) in [6, 6.07) is 13.7. The highest BCUT2D eigenvalue weighted by Gasteiger charge is 2.20. The first-order valence-corrected chi connectivity index (χ1v) is 13.4. The summed E-state index contributed by atoms with van der Waals surface area (Å²) in [4.78, 5) is 25.5. The van der Waals surface area contributed by atoms with Crippen molar-refractivity contribution in [1.29, 1.82) is 0 Å². The first kappa shape index (κ1) is 26.7. The van der Waals surface area contributed by atoms with Crippen molar-refractivity contribution in [3.8, 4) is 11.5 Å². The number of fused-ring (bicyclic) bond motifs is 2. The number of hydrogen-bond donors (Lipinski definition) is 0. The molecule has 0 aliphatic heterocycles. The van der Waals surface area contributed by atoms with Gasteiger partial charge in [-0.1, -0.05) is 107 Å². The molecule has 0 heterocycles. The summed E-state index contributed by atoms with van der Waals surface area (Å²) in [6.45, 7) is 6.37. The highest BCUT2D eigenvalue weighted by atomic mass is 16.5. The van der Waals surface area contributed by atoms with Gasteiger partial charge in [-0.3, -0.25) is 9.59 Å². The van der Waals surface area contributed by atoms with Crippen molar-refractivity contribution in [2.24, 2.45) is 0 Å². The fourth-order valence-electron chi connectivity index (χ4n) is 4.51. The van der Waals surface area contributed by atoms with Gasteiger partial charge in [0.1, 0.15) is 11.5 Å². The molecular weight excluding hydrogens is 436 g/mol. The molecular formula is C31H40O4. The molecule has 0 aliphatic carbocycles. The molecule has 35 heavy (non-hydrogen) atoms. The second kappa shape index (κ2) is 13.9. The summed E-state index contributed by atoms with van der Waals surface area (Å²) < 4.78 is 12.0. The molecule has 3 aromatic rings. The van der Waals surface area contributed by atoms with Crippen LogP contribution >= 0.6 is 0 Å². The van der Waals surface area contributed by atoms with Crippen LogP contribution in [-0.4, -0.2) is 11.9 Å². The van der Waals surface area contributed by atoms with Gasteiger partial charge in [0.15, 0.2) is 0 Å². The lowest BCUT2D eigenvalue weighted by atomic mass is 9.99. The quantitative estimate of drug-likeness (QED) is 0.101. The number of rotatable bonds is 14. The van der Waals surface area contributed by atoms with Crippen molar-refractivity contribution < 1.29 is 19.1 Å². The second-order valence-corrected chi connectivity index (χ2v) is 9.53. The summed E-state index contributed by atoms with van der Waals surface area (Å²) in [6.07, 6.45) is 11.6. The number of aryl methyl sites for hydroxylation is 1. The van der Waals surface area contributed by atoms with Gasteiger partial charge in [-0.15, -0.1) is 0 Å². The van der Waals surface area contributed by atoms with E-state index >= 15 is 0 Å². The van der Waals surface area contributed by atoms with Gasteiger partial charge in [0.2, 0.25) is 0 Å². The molecule has 0 saturated carbocycles. The Morgan fingerprint density at radius 2 is 1.06 bits per heavy atom. The Morgan fingerprint density at radius 1 is 0.600 bits per heavy atom. The van der Waals surface area contributed by atoms with Crippen LogP contribution in [0.4, 0.5) is 0 Å². The van der Waals surface area contributed by atoms with E-state index in [1.807, 2.05) is 49.4 Å². The van der Waals surface area contributed by atoms with Crippen molar-refractivity contribution >= 4 is 33.5 Å². The van der Waals surface area contributed by atoms with Crippen molar-refractivity contribution in [2.75, 3.05) is 0 Å². The lowest BCUT2D eigenvalue weighted by Crippen LogP contribution is -2.10.